The van der Waals surface area contributed by atoms with Gasteiger partial charge in [-0.05, 0) is 49.8 Å². The van der Waals surface area contributed by atoms with Crippen molar-refractivity contribution in [3.63, 3.8) is 0 Å². The van der Waals surface area contributed by atoms with Crippen molar-refractivity contribution in [2.45, 2.75) is 53.1 Å². The lowest BCUT2D eigenvalue weighted by atomic mass is 9.86. The van der Waals surface area contributed by atoms with Crippen LogP contribution < -0.4 is 10.2 Å². The molecule has 0 saturated carbocycles. The monoisotopic (exact) mass is 309 g/mol. The van der Waals surface area contributed by atoms with E-state index in [0.717, 1.165) is 48.4 Å². The molecular formula is C17H28ClN3. The molecule has 118 valence electrons. The maximum atomic E-state index is 6.29. The zero-order valence-electron chi connectivity index (χ0n) is 13.7. The largest absolute Gasteiger partial charge is 0.353 e. The average Bonchev–Trinajstić information content (AvgIpc) is 2.45. The van der Waals surface area contributed by atoms with Gasteiger partial charge in [-0.15, -0.1) is 0 Å². The number of piperidine rings is 1. The molecule has 21 heavy (non-hydrogen) atoms. The number of rotatable bonds is 5. The van der Waals surface area contributed by atoms with E-state index < -0.39 is 0 Å². The van der Waals surface area contributed by atoms with Crippen molar-refractivity contribution in [3.8, 4) is 0 Å². The molecular weight excluding hydrogens is 282 g/mol. The van der Waals surface area contributed by atoms with E-state index in [1.807, 2.05) is 0 Å². The van der Waals surface area contributed by atoms with Gasteiger partial charge in [-0.2, -0.15) is 0 Å². The van der Waals surface area contributed by atoms with Gasteiger partial charge in [-0.25, -0.2) is 4.98 Å². The molecule has 3 atom stereocenters. The van der Waals surface area contributed by atoms with Crippen LogP contribution in [0, 0.1) is 11.8 Å². The third-order valence-electron chi connectivity index (χ3n) is 4.55. The van der Waals surface area contributed by atoms with Crippen molar-refractivity contribution in [3.05, 3.63) is 22.8 Å². The third kappa shape index (κ3) is 4.10. The Morgan fingerprint density at radius 1 is 1.38 bits per heavy atom. The summed E-state index contributed by atoms with van der Waals surface area (Å²) in [5, 5.41) is 4.18. The first-order valence-corrected chi connectivity index (χ1v) is 8.52. The summed E-state index contributed by atoms with van der Waals surface area (Å²) in [6, 6.07) is 2.69. The summed E-state index contributed by atoms with van der Waals surface area (Å²) in [5.74, 6) is 2.49. The van der Waals surface area contributed by atoms with Crippen molar-refractivity contribution < 1.29 is 0 Å². The zero-order chi connectivity index (χ0) is 15.4. The molecule has 1 aromatic rings. The van der Waals surface area contributed by atoms with Crippen LogP contribution >= 0.6 is 11.6 Å². The molecule has 2 rings (SSSR count). The summed E-state index contributed by atoms with van der Waals surface area (Å²) in [7, 11) is 0. The Hall–Kier alpha value is -0.800. The maximum Gasteiger partial charge on any atom is 0.129 e. The van der Waals surface area contributed by atoms with E-state index in [-0.39, 0.29) is 0 Å². The van der Waals surface area contributed by atoms with E-state index in [4.69, 9.17) is 11.6 Å². The van der Waals surface area contributed by atoms with E-state index in [1.165, 1.54) is 6.42 Å². The highest BCUT2D eigenvalue weighted by Crippen LogP contribution is 2.31. The van der Waals surface area contributed by atoms with Crippen LogP contribution in [0.2, 0.25) is 5.02 Å². The fraction of sp³-hybridized carbons (Fsp3) is 0.706. The van der Waals surface area contributed by atoms with Crippen molar-refractivity contribution >= 4 is 17.4 Å². The first kappa shape index (κ1) is 16.6. The maximum absolute atomic E-state index is 6.29. The van der Waals surface area contributed by atoms with Crippen molar-refractivity contribution in [2.24, 2.45) is 11.8 Å². The number of anilines is 1. The van der Waals surface area contributed by atoms with Crippen LogP contribution in [0.5, 0.6) is 0 Å². The Kier molecular flexibility index (Phi) is 5.88. The predicted molar refractivity (Wildman–Crippen MR) is 91.0 cm³/mol. The molecule has 0 bridgehead atoms. The molecule has 1 aromatic heterocycles. The minimum Gasteiger partial charge on any atom is -0.353 e. The van der Waals surface area contributed by atoms with Crippen LogP contribution in [-0.2, 0) is 6.54 Å². The molecule has 4 heteroatoms. The predicted octanol–water partition coefficient (Wildman–Crippen LogP) is 4.11. The number of hydrogen-bond donors (Lipinski definition) is 1. The molecule has 1 aliphatic heterocycles. The van der Waals surface area contributed by atoms with Crippen LogP contribution in [0.3, 0.4) is 0 Å². The average molecular weight is 310 g/mol. The van der Waals surface area contributed by atoms with Crippen molar-refractivity contribution in [1.82, 2.24) is 10.3 Å². The van der Waals surface area contributed by atoms with Crippen LogP contribution in [0.1, 0.15) is 46.1 Å². The van der Waals surface area contributed by atoms with Crippen LogP contribution in [-0.4, -0.2) is 24.1 Å². The van der Waals surface area contributed by atoms with E-state index in [0.29, 0.717) is 12.0 Å². The second-order valence-corrected chi connectivity index (χ2v) is 6.93. The molecule has 2 heterocycles. The van der Waals surface area contributed by atoms with Gasteiger partial charge in [-0.3, -0.25) is 0 Å². The Morgan fingerprint density at radius 3 is 2.86 bits per heavy atom. The van der Waals surface area contributed by atoms with E-state index in [1.54, 1.807) is 6.20 Å². The first-order valence-electron chi connectivity index (χ1n) is 8.14. The molecule has 3 unspecified atom stereocenters. The molecule has 1 fully saturated rings. The number of hydrogen-bond acceptors (Lipinski definition) is 3. The molecule has 0 radical (unpaired) electrons. The van der Waals surface area contributed by atoms with Gasteiger partial charge in [-0.1, -0.05) is 32.4 Å². The second-order valence-electron chi connectivity index (χ2n) is 6.52. The van der Waals surface area contributed by atoms with Gasteiger partial charge in [0.15, 0.2) is 0 Å². The summed E-state index contributed by atoms with van der Waals surface area (Å²) < 4.78 is 0. The van der Waals surface area contributed by atoms with Crippen LogP contribution in [0.15, 0.2) is 12.3 Å². The smallest absolute Gasteiger partial charge is 0.129 e. The van der Waals surface area contributed by atoms with E-state index >= 15 is 0 Å². The van der Waals surface area contributed by atoms with Gasteiger partial charge in [0.05, 0.1) is 5.02 Å². The van der Waals surface area contributed by atoms with Gasteiger partial charge in [0, 0.05) is 25.3 Å². The Morgan fingerprint density at radius 2 is 2.14 bits per heavy atom. The number of pyridine rings is 1. The quantitative estimate of drug-likeness (QED) is 0.830. The Balaban J connectivity index is 2.17. The summed E-state index contributed by atoms with van der Waals surface area (Å²) in [6.45, 7) is 12.1. The molecule has 0 aliphatic carbocycles. The number of aromatic nitrogens is 1. The fourth-order valence-electron chi connectivity index (χ4n) is 3.18. The summed E-state index contributed by atoms with van der Waals surface area (Å²) in [4.78, 5) is 7.02. The van der Waals surface area contributed by atoms with Crippen LogP contribution in [0.4, 0.5) is 5.82 Å². The number of nitrogens with one attached hydrogen (secondary N) is 1. The van der Waals surface area contributed by atoms with Gasteiger partial charge in [0.2, 0.25) is 0 Å². The molecule has 0 amide bonds. The summed E-state index contributed by atoms with van der Waals surface area (Å²) in [6.07, 6.45) is 4.24. The molecule has 1 N–H and O–H groups in total. The van der Waals surface area contributed by atoms with Gasteiger partial charge in [0.25, 0.3) is 0 Å². The van der Waals surface area contributed by atoms with Crippen LogP contribution in [0.25, 0.3) is 0 Å². The van der Waals surface area contributed by atoms with Gasteiger partial charge >= 0.3 is 0 Å². The summed E-state index contributed by atoms with van der Waals surface area (Å²) in [5.41, 5.74) is 1.15. The SMILES string of the molecule is CCCNCc1cc(N2CC(C)CC(C)C2C)ncc1Cl. The first-order chi connectivity index (χ1) is 10.0. The standard InChI is InChI=1S/C17H28ClN3/c1-5-6-19-9-15-8-17(20-10-16(15)18)21-11-12(2)7-13(3)14(21)4/h8,10,12-14,19H,5-7,9,11H2,1-4H3. The third-order valence-corrected chi connectivity index (χ3v) is 4.89. The highest BCUT2D eigenvalue weighted by molar-refractivity contribution is 6.31. The van der Waals surface area contributed by atoms with Crippen molar-refractivity contribution in [2.75, 3.05) is 18.0 Å². The zero-order valence-corrected chi connectivity index (χ0v) is 14.5. The lowest BCUT2D eigenvalue weighted by Crippen LogP contribution is -2.46. The highest BCUT2D eigenvalue weighted by atomic mass is 35.5. The topological polar surface area (TPSA) is 28.2 Å². The van der Waals surface area contributed by atoms with Gasteiger partial charge < -0.3 is 10.2 Å². The molecule has 1 aliphatic rings. The number of nitrogens with zero attached hydrogens (tertiary/aromatic N) is 2. The number of halogens is 1. The van der Waals surface area contributed by atoms with E-state index in [2.05, 4.69) is 49.0 Å². The normalized spacial score (nSPS) is 26.1. The second kappa shape index (κ2) is 7.46. The lowest BCUT2D eigenvalue weighted by molar-refractivity contribution is 0.295. The Bertz CT molecular complexity index is 463. The lowest BCUT2D eigenvalue weighted by Gasteiger charge is -2.42. The highest BCUT2D eigenvalue weighted by Gasteiger charge is 2.29. The molecule has 0 aromatic carbocycles. The molecule has 3 nitrogen and oxygen atoms in total. The Labute approximate surface area is 134 Å². The van der Waals surface area contributed by atoms with Gasteiger partial charge in [0.1, 0.15) is 5.82 Å². The summed E-state index contributed by atoms with van der Waals surface area (Å²) >= 11 is 6.29. The molecule has 1 saturated heterocycles. The fourth-order valence-corrected chi connectivity index (χ4v) is 3.35. The minimum absolute atomic E-state index is 0.534. The van der Waals surface area contributed by atoms with E-state index in [9.17, 15) is 0 Å². The molecule has 0 spiro atoms. The minimum atomic E-state index is 0.534. The van der Waals surface area contributed by atoms with Crippen molar-refractivity contribution in [1.29, 1.82) is 0 Å².